The van der Waals surface area contributed by atoms with Crippen molar-refractivity contribution < 1.29 is 4.79 Å². The highest BCUT2D eigenvalue weighted by atomic mass is 32.2. The minimum atomic E-state index is -0.0826. The Balaban J connectivity index is 1.99. The van der Waals surface area contributed by atoms with Crippen molar-refractivity contribution in [1.82, 2.24) is 5.32 Å². The van der Waals surface area contributed by atoms with Crippen LogP contribution in [0, 0.1) is 0 Å². The van der Waals surface area contributed by atoms with Crippen molar-refractivity contribution in [3.8, 4) is 0 Å². The standard InChI is InChI=1S/C13H19N3OS/c1-18-12-3-2-11(7-12)16-13(17)8-4-9(14)6-10(15)5-8/h4-6,11-12H,2-3,7,14-15H2,1H3,(H,16,17). The summed E-state index contributed by atoms with van der Waals surface area (Å²) in [5.41, 5.74) is 13.0. The first kappa shape index (κ1) is 13.1. The zero-order chi connectivity index (χ0) is 13.1. The molecule has 1 aliphatic carbocycles. The second kappa shape index (κ2) is 5.52. The van der Waals surface area contributed by atoms with E-state index in [2.05, 4.69) is 11.6 Å². The molecule has 98 valence electrons. The summed E-state index contributed by atoms with van der Waals surface area (Å²) in [4.78, 5) is 12.1. The average molecular weight is 265 g/mol. The summed E-state index contributed by atoms with van der Waals surface area (Å²) in [6, 6.07) is 5.24. The number of anilines is 2. The molecule has 2 atom stereocenters. The summed E-state index contributed by atoms with van der Waals surface area (Å²) in [5.74, 6) is -0.0826. The molecule has 1 amide bonds. The smallest absolute Gasteiger partial charge is 0.251 e. The molecule has 5 N–H and O–H groups in total. The molecule has 0 spiro atoms. The molecule has 1 aromatic rings. The molecule has 2 rings (SSSR count). The van der Waals surface area contributed by atoms with Crippen LogP contribution in [0.5, 0.6) is 0 Å². The molecule has 0 heterocycles. The lowest BCUT2D eigenvalue weighted by Crippen LogP contribution is -2.33. The second-order valence-corrected chi connectivity index (χ2v) is 5.87. The molecule has 1 aromatic carbocycles. The summed E-state index contributed by atoms with van der Waals surface area (Å²) in [7, 11) is 0. The topological polar surface area (TPSA) is 81.1 Å². The van der Waals surface area contributed by atoms with Crippen LogP contribution < -0.4 is 16.8 Å². The van der Waals surface area contributed by atoms with Crippen LogP contribution in [-0.2, 0) is 0 Å². The van der Waals surface area contributed by atoms with Crippen LogP contribution in [-0.4, -0.2) is 23.5 Å². The Morgan fingerprint density at radius 1 is 1.28 bits per heavy atom. The summed E-state index contributed by atoms with van der Waals surface area (Å²) >= 11 is 1.87. The van der Waals surface area contributed by atoms with Crippen molar-refractivity contribution in [3.63, 3.8) is 0 Å². The second-order valence-electron chi connectivity index (χ2n) is 4.73. The molecule has 0 radical (unpaired) electrons. The summed E-state index contributed by atoms with van der Waals surface area (Å²) in [6.45, 7) is 0. The molecule has 1 saturated carbocycles. The Morgan fingerprint density at radius 3 is 2.50 bits per heavy atom. The van der Waals surface area contributed by atoms with E-state index in [1.165, 1.54) is 6.42 Å². The van der Waals surface area contributed by atoms with Crippen molar-refractivity contribution in [2.75, 3.05) is 17.7 Å². The Morgan fingerprint density at radius 2 is 1.94 bits per heavy atom. The van der Waals surface area contributed by atoms with E-state index >= 15 is 0 Å². The van der Waals surface area contributed by atoms with E-state index in [9.17, 15) is 4.79 Å². The van der Waals surface area contributed by atoms with Crippen LogP contribution in [0.15, 0.2) is 18.2 Å². The number of thioether (sulfide) groups is 1. The van der Waals surface area contributed by atoms with Crippen LogP contribution in [0.4, 0.5) is 11.4 Å². The largest absolute Gasteiger partial charge is 0.399 e. The van der Waals surface area contributed by atoms with Crippen molar-refractivity contribution in [3.05, 3.63) is 23.8 Å². The fraction of sp³-hybridized carbons (Fsp3) is 0.462. The van der Waals surface area contributed by atoms with Gasteiger partial charge < -0.3 is 16.8 Å². The van der Waals surface area contributed by atoms with Gasteiger partial charge in [-0.15, -0.1) is 0 Å². The fourth-order valence-corrected chi connectivity index (χ4v) is 3.16. The minimum Gasteiger partial charge on any atom is -0.399 e. The normalized spacial score (nSPS) is 22.9. The van der Waals surface area contributed by atoms with Gasteiger partial charge in [0.05, 0.1) is 0 Å². The maximum atomic E-state index is 12.1. The lowest BCUT2D eigenvalue weighted by atomic mass is 10.1. The van der Waals surface area contributed by atoms with Gasteiger partial charge in [0.1, 0.15) is 0 Å². The maximum absolute atomic E-state index is 12.1. The van der Waals surface area contributed by atoms with E-state index in [0.29, 0.717) is 22.2 Å². The third-order valence-electron chi connectivity index (χ3n) is 3.29. The van der Waals surface area contributed by atoms with Crippen LogP contribution in [0.3, 0.4) is 0 Å². The van der Waals surface area contributed by atoms with E-state index in [-0.39, 0.29) is 11.9 Å². The minimum absolute atomic E-state index is 0.0826. The number of nitrogens with one attached hydrogen (secondary N) is 1. The highest BCUT2D eigenvalue weighted by Crippen LogP contribution is 2.28. The molecule has 4 nitrogen and oxygen atoms in total. The van der Waals surface area contributed by atoms with Gasteiger partial charge in [-0.05, 0) is 43.7 Å². The Labute approximate surface area is 111 Å². The van der Waals surface area contributed by atoms with Gasteiger partial charge in [-0.1, -0.05) is 0 Å². The molecule has 0 saturated heterocycles. The summed E-state index contributed by atoms with van der Waals surface area (Å²) < 4.78 is 0. The first-order valence-corrected chi connectivity index (χ1v) is 7.37. The maximum Gasteiger partial charge on any atom is 0.251 e. The first-order chi connectivity index (χ1) is 8.58. The van der Waals surface area contributed by atoms with Gasteiger partial charge >= 0.3 is 0 Å². The highest BCUT2D eigenvalue weighted by Gasteiger charge is 2.25. The molecule has 0 aromatic heterocycles. The quantitative estimate of drug-likeness (QED) is 0.729. The van der Waals surface area contributed by atoms with E-state index in [0.717, 1.165) is 12.8 Å². The average Bonchev–Trinajstić information content (AvgIpc) is 2.75. The van der Waals surface area contributed by atoms with Gasteiger partial charge in [0, 0.05) is 28.2 Å². The third-order valence-corrected chi connectivity index (χ3v) is 4.39. The van der Waals surface area contributed by atoms with Crippen molar-refractivity contribution >= 4 is 29.0 Å². The monoisotopic (exact) mass is 265 g/mol. The molecule has 5 heteroatoms. The van der Waals surface area contributed by atoms with E-state index in [1.807, 2.05) is 11.8 Å². The third kappa shape index (κ3) is 3.10. The SMILES string of the molecule is CSC1CCC(NC(=O)c2cc(N)cc(N)c2)C1. The van der Waals surface area contributed by atoms with Gasteiger partial charge in [-0.3, -0.25) is 4.79 Å². The van der Waals surface area contributed by atoms with Crippen LogP contribution in [0.2, 0.25) is 0 Å². The predicted octanol–water partition coefficient (Wildman–Crippen LogP) is 1.86. The lowest BCUT2D eigenvalue weighted by molar-refractivity contribution is 0.0938. The predicted molar refractivity (Wildman–Crippen MR) is 77.7 cm³/mol. The fourth-order valence-electron chi connectivity index (χ4n) is 2.36. The van der Waals surface area contributed by atoms with Gasteiger partial charge in [-0.25, -0.2) is 0 Å². The van der Waals surface area contributed by atoms with Crippen LogP contribution >= 0.6 is 11.8 Å². The van der Waals surface area contributed by atoms with Gasteiger partial charge in [0.25, 0.3) is 5.91 Å². The van der Waals surface area contributed by atoms with Crippen molar-refractivity contribution in [2.24, 2.45) is 0 Å². The zero-order valence-corrected chi connectivity index (χ0v) is 11.3. The Kier molecular flexibility index (Phi) is 4.01. The number of benzene rings is 1. The molecule has 0 bridgehead atoms. The molecule has 18 heavy (non-hydrogen) atoms. The van der Waals surface area contributed by atoms with Gasteiger partial charge in [0.2, 0.25) is 0 Å². The molecule has 0 aliphatic heterocycles. The van der Waals surface area contributed by atoms with Crippen molar-refractivity contribution in [1.29, 1.82) is 0 Å². The number of rotatable bonds is 3. The Bertz CT molecular complexity index is 430. The number of carbonyl (C=O) groups is 1. The summed E-state index contributed by atoms with van der Waals surface area (Å²) in [5, 5.41) is 3.72. The molecule has 1 fully saturated rings. The van der Waals surface area contributed by atoms with E-state index < -0.39 is 0 Å². The molecule has 1 aliphatic rings. The number of hydrogen-bond acceptors (Lipinski definition) is 4. The van der Waals surface area contributed by atoms with Crippen LogP contribution in [0.1, 0.15) is 29.6 Å². The van der Waals surface area contributed by atoms with Gasteiger partial charge in [-0.2, -0.15) is 11.8 Å². The van der Waals surface area contributed by atoms with E-state index in [1.54, 1.807) is 18.2 Å². The first-order valence-electron chi connectivity index (χ1n) is 6.08. The summed E-state index contributed by atoms with van der Waals surface area (Å²) in [6.07, 6.45) is 5.39. The lowest BCUT2D eigenvalue weighted by Gasteiger charge is -2.13. The molecular weight excluding hydrogens is 246 g/mol. The molecule has 2 unspecified atom stereocenters. The Hall–Kier alpha value is -1.36. The highest BCUT2D eigenvalue weighted by molar-refractivity contribution is 7.99. The number of nitrogen functional groups attached to an aromatic ring is 2. The zero-order valence-electron chi connectivity index (χ0n) is 10.5. The van der Waals surface area contributed by atoms with Gasteiger partial charge in [0.15, 0.2) is 0 Å². The number of amides is 1. The van der Waals surface area contributed by atoms with Crippen molar-refractivity contribution in [2.45, 2.75) is 30.6 Å². The number of nitrogens with two attached hydrogens (primary N) is 2. The van der Waals surface area contributed by atoms with E-state index in [4.69, 9.17) is 11.5 Å². The van der Waals surface area contributed by atoms with Crippen LogP contribution in [0.25, 0.3) is 0 Å². The number of carbonyl (C=O) groups excluding carboxylic acids is 1. The number of hydrogen-bond donors (Lipinski definition) is 3. The molecular formula is C13H19N3OS.